The number of pyridine rings is 1. The Bertz CT molecular complexity index is 771. The summed E-state index contributed by atoms with van der Waals surface area (Å²) in [5, 5.41) is 10.3. The van der Waals surface area contributed by atoms with Crippen LogP contribution < -0.4 is 0 Å². The molecule has 0 bridgehead atoms. The molecule has 3 rings (SSSR count). The first-order valence-corrected chi connectivity index (χ1v) is 8.10. The van der Waals surface area contributed by atoms with Gasteiger partial charge in [0.25, 0.3) is 0 Å². The third-order valence-electron chi connectivity index (χ3n) is 3.46. The van der Waals surface area contributed by atoms with E-state index in [1.807, 2.05) is 0 Å². The number of fused-ring (bicyclic) bond motifs is 1. The van der Waals surface area contributed by atoms with Crippen LogP contribution in [0.2, 0.25) is 5.02 Å². The number of nitrogens with zero attached hydrogens (tertiary/aromatic N) is 2. The third kappa shape index (κ3) is 2.04. The minimum atomic E-state index is -3.61. The van der Waals surface area contributed by atoms with Crippen molar-refractivity contribution in [3.8, 4) is 5.75 Å². The molecule has 1 fully saturated rings. The maximum absolute atomic E-state index is 12.7. The SMILES string of the molecule is O=S(=O)(c1cc(Cl)c(O)c2ncccc12)N1CCCC1. The van der Waals surface area contributed by atoms with Crippen LogP contribution in [0.25, 0.3) is 10.9 Å². The number of phenols is 1. The van der Waals surface area contributed by atoms with Crippen molar-refractivity contribution in [2.45, 2.75) is 17.7 Å². The van der Waals surface area contributed by atoms with Crippen LogP contribution in [0.15, 0.2) is 29.3 Å². The Morgan fingerprint density at radius 1 is 1.30 bits per heavy atom. The van der Waals surface area contributed by atoms with Gasteiger partial charge in [-0.2, -0.15) is 4.31 Å². The lowest BCUT2D eigenvalue weighted by molar-refractivity contribution is 0.475. The average molecular weight is 313 g/mol. The van der Waals surface area contributed by atoms with Crippen LogP contribution in [-0.4, -0.2) is 35.9 Å². The largest absolute Gasteiger partial charge is 0.504 e. The van der Waals surface area contributed by atoms with Gasteiger partial charge < -0.3 is 5.11 Å². The molecule has 0 unspecified atom stereocenters. The molecule has 1 aromatic carbocycles. The van der Waals surface area contributed by atoms with Crippen LogP contribution in [0.3, 0.4) is 0 Å². The summed E-state index contributed by atoms with van der Waals surface area (Å²) in [6.45, 7) is 1.03. The molecule has 0 atom stereocenters. The fourth-order valence-electron chi connectivity index (χ4n) is 2.45. The molecule has 1 saturated heterocycles. The number of benzene rings is 1. The van der Waals surface area contributed by atoms with Gasteiger partial charge in [0.15, 0.2) is 5.75 Å². The number of hydrogen-bond acceptors (Lipinski definition) is 4. The van der Waals surface area contributed by atoms with E-state index in [4.69, 9.17) is 11.6 Å². The van der Waals surface area contributed by atoms with E-state index in [2.05, 4.69) is 4.98 Å². The van der Waals surface area contributed by atoms with E-state index < -0.39 is 10.0 Å². The van der Waals surface area contributed by atoms with Gasteiger partial charge in [-0.05, 0) is 31.0 Å². The smallest absolute Gasteiger partial charge is 0.243 e. The lowest BCUT2D eigenvalue weighted by atomic mass is 10.2. The van der Waals surface area contributed by atoms with Crippen LogP contribution in [-0.2, 0) is 10.0 Å². The van der Waals surface area contributed by atoms with Gasteiger partial charge in [-0.3, -0.25) is 4.98 Å². The number of halogens is 1. The minimum absolute atomic E-state index is 0.00558. The number of sulfonamides is 1. The maximum atomic E-state index is 12.7. The van der Waals surface area contributed by atoms with E-state index in [0.29, 0.717) is 18.5 Å². The van der Waals surface area contributed by atoms with Crippen LogP contribution in [0, 0.1) is 0 Å². The summed E-state index contributed by atoms with van der Waals surface area (Å²) < 4.78 is 26.8. The van der Waals surface area contributed by atoms with Gasteiger partial charge in [0.1, 0.15) is 5.52 Å². The Morgan fingerprint density at radius 2 is 2.00 bits per heavy atom. The molecule has 0 spiro atoms. The second kappa shape index (κ2) is 4.87. The standard InChI is InChI=1S/C13H13ClN2O3S/c14-10-8-11(20(18,19)16-6-1-2-7-16)9-4-3-5-15-12(9)13(10)17/h3-5,8,17H,1-2,6-7H2. The molecule has 0 amide bonds. The Hall–Kier alpha value is -1.37. The number of rotatable bonds is 2. The van der Waals surface area contributed by atoms with Gasteiger partial charge in [-0.1, -0.05) is 11.6 Å². The number of aromatic hydroxyl groups is 1. The zero-order chi connectivity index (χ0) is 14.3. The molecular formula is C13H13ClN2O3S. The second-order valence-electron chi connectivity index (χ2n) is 4.72. The molecule has 20 heavy (non-hydrogen) atoms. The topological polar surface area (TPSA) is 70.5 Å². The first-order valence-electron chi connectivity index (χ1n) is 6.28. The summed E-state index contributed by atoms with van der Waals surface area (Å²) in [6, 6.07) is 4.56. The summed E-state index contributed by atoms with van der Waals surface area (Å²) in [5.74, 6) is -0.192. The van der Waals surface area contributed by atoms with Crippen molar-refractivity contribution in [1.82, 2.24) is 9.29 Å². The lowest BCUT2D eigenvalue weighted by Crippen LogP contribution is -2.28. The number of hydrogen-bond donors (Lipinski definition) is 1. The van der Waals surface area contributed by atoms with Crippen molar-refractivity contribution in [1.29, 1.82) is 0 Å². The summed E-state index contributed by atoms with van der Waals surface area (Å²) in [5.41, 5.74) is 0.206. The molecule has 1 N–H and O–H groups in total. The lowest BCUT2D eigenvalue weighted by Gasteiger charge is -2.17. The molecule has 5 nitrogen and oxygen atoms in total. The Morgan fingerprint density at radius 3 is 2.70 bits per heavy atom. The second-order valence-corrected chi connectivity index (χ2v) is 7.03. The molecule has 7 heteroatoms. The van der Waals surface area contributed by atoms with Gasteiger partial charge in [0.05, 0.1) is 9.92 Å². The van der Waals surface area contributed by atoms with Crippen LogP contribution in [0.1, 0.15) is 12.8 Å². The minimum Gasteiger partial charge on any atom is -0.504 e. The fourth-order valence-corrected chi connectivity index (χ4v) is 4.44. The number of phenolic OH excluding ortho intramolecular Hbond substituents is 1. The van der Waals surface area contributed by atoms with E-state index in [1.54, 1.807) is 12.1 Å². The van der Waals surface area contributed by atoms with E-state index >= 15 is 0 Å². The van der Waals surface area contributed by atoms with Crippen molar-refractivity contribution in [3.63, 3.8) is 0 Å². The van der Waals surface area contributed by atoms with Crippen molar-refractivity contribution >= 4 is 32.5 Å². The molecule has 0 radical (unpaired) electrons. The van der Waals surface area contributed by atoms with E-state index in [9.17, 15) is 13.5 Å². The van der Waals surface area contributed by atoms with Gasteiger partial charge in [0, 0.05) is 24.7 Å². The Balaban J connectivity index is 2.29. The summed E-state index contributed by atoms with van der Waals surface area (Å²) in [4.78, 5) is 4.13. The molecular weight excluding hydrogens is 300 g/mol. The van der Waals surface area contributed by atoms with Gasteiger partial charge in [-0.25, -0.2) is 8.42 Å². The van der Waals surface area contributed by atoms with Gasteiger partial charge in [-0.15, -0.1) is 0 Å². The normalized spacial score (nSPS) is 16.9. The predicted molar refractivity (Wildman–Crippen MR) is 76.4 cm³/mol. The molecule has 2 heterocycles. The molecule has 1 aliphatic rings. The first-order chi connectivity index (χ1) is 9.51. The molecule has 106 valence electrons. The van der Waals surface area contributed by atoms with Crippen molar-refractivity contribution < 1.29 is 13.5 Å². The van der Waals surface area contributed by atoms with Gasteiger partial charge in [0.2, 0.25) is 10.0 Å². The van der Waals surface area contributed by atoms with E-state index in [0.717, 1.165) is 12.8 Å². The summed E-state index contributed by atoms with van der Waals surface area (Å²) in [7, 11) is -3.61. The Kier molecular flexibility index (Phi) is 3.32. The van der Waals surface area contributed by atoms with Gasteiger partial charge >= 0.3 is 0 Å². The molecule has 0 aliphatic carbocycles. The first kappa shape index (κ1) is 13.6. The summed E-state index contributed by atoms with van der Waals surface area (Å²) in [6.07, 6.45) is 3.22. The quantitative estimate of drug-likeness (QED) is 0.924. The van der Waals surface area contributed by atoms with E-state index in [1.165, 1.54) is 16.6 Å². The Labute approximate surface area is 121 Å². The predicted octanol–water partition coefficient (Wildman–Crippen LogP) is 2.38. The molecule has 1 aliphatic heterocycles. The zero-order valence-electron chi connectivity index (χ0n) is 10.6. The highest BCUT2D eigenvalue weighted by Gasteiger charge is 2.30. The summed E-state index contributed by atoms with van der Waals surface area (Å²) >= 11 is 5.93. The average Bonchev–Trinajstić information content (AvgIpc) is 2.97. The monoisotopic (exact) mass is 312 g/mol. The molecule has 2 aromatic rings. The highest BCUT2D eigenvalue weighted by Crippen LogP contribution is 2.37. The zero-order valence-corrected chi connectivity index (χ0v) is 12.2. The van der Waals surface area contributed by atoms with Crippen molar-refractivity contribution in [2.75, 3.05) is 13.1 Å². The highest BCUT2D eigenvalue weighted by atomic mass is 35.5. The van der Waals surface area contributed by atoms with Crippen LogP contribution in [0.5, 0.6) is 5.75 Å². The van der Waals surface area contributed by atoms with Crippen LogP contribution >= 0.6 is 11.6 Å². The van der Waals surface area contributed by atoms with Crippen molar-refractivity contribution in [3.05, 3.63) is 29.4 Å². The third-order valence-corrected chi connectivity index (χ3v) is 5.69. The fraction of sp³-hybridized carbons (Fsp3) is 0.308. The maximum Gasteiger partial charge on any atom is 0.243 e. The van der Waals surface area contributed by atoms with Crippen LogP contribution in [0.4, 0.5) is 0 Å². The molecule has 0 saturated carbocycles. The molecule has 1 aromatic heterocycles. The highest BCUT2D eigenvalue weighted by molar-refractivity contribution is 7.89. The number of aromatic nitrogens is 1. The van der Waals surface area contributed by atoms with E-state index in [-0.39, 0.29) is 21.2 Å². The van der Waals surface area contributed by atoms with Crippen molar-refractivity contribution in [2.24, 2.45) is 0 Å².